The highest BCUT2D eigenvalue weighted by Crippen LogP contribution is 2.35. The molecule has 120 valence electrons. The summed E-state index contributed by atoms with van der Waals surface area (Å²) in [4.78, 5) is 13.6. The van der Waals surface area contributed by atoms with Crippen LogP contribution in [-0.4, -0.2) is 19.6 Å². The molecule has 0 aliphatic rings. The molecule has 0 saturated heterocycles. The number of ether oxygens (including phenoxy) is 1. The van der Waals surface area contributed by atoms with Gasteiger partial charge in [-0.15, -0.1) is 12.8 Å². The maximum Gasteiger partial charge on any atom is 0.339 e. The van der Waals surface area contributed by atoms with E-state index < -0.39 is 11.8 Å². The van der Waals surface area contributed by atoms with Gasteiger partial charge in [-0.05, 0) is 37.3 Å². The van der Waals surface area contributed by atoms with Crippen LogP contribution in [0.2, 0.25) is 0 Å². The van der Waals surface area contributed by atoms with Crippen LogP contribution < -0.4 is 5.32 Å². The standard InChI is InChI=1S/C16H16FNO2S.C2H2/c1-3-20-16(19)12-10-11(17)8-9-14(12)21-15-7-5-4-6-13(15)18-2;1-2/h4-10,18H,3H2,1-2H3;1-2H. The van der Waals surface area contributed by atoms with Crippen LogP contribution in [0.3, 0.4) is 0 Å². The molecule has 1 N–H and O–H groups in total. The maximum absolute atomic E-state index is 13.4. The molecule has 3 nitrogen and oxygen atoms in total. The summed E-state index contributed by atoms with van der Waals surface area (Å²) in [5.74, 6) is -0.967. The second kappa shape index (κ2) is 9.54. The quantitative estimate of drug-likeness (QED) is 0.649. The average molecular weight is 331 g/mol. The molecule has 2 aromatic carbocycles. The number of nitrogens with one attached hydrogen (secondary N) is 1. The lowest BCUT2D eigenvalue weighted by Gasteiger charge is -2.11. The smallest absolute Gasteiger partial charge is 0.339 e. The normalized spacial score (nSPS) is 9.43. The van der Waals surface area contributed by atoms with Gasteiger partial charge in [0.2, 0.25) is 0 Å². The van der Waals surface area contributed by atoms with Gasteiger partial charge in [0.15, 0.2) is 0 Å². The van der Waals surface area contributed by atoms with Crippen molar-refractivity contribution in [1.29, 1.82) is 0 Å². The van der Waals surface area contributed by atoms with E-state index in [1.807, 2.05) is 31.3 Å². The number of para-hydroxylation sites is 1. The monoisotopic (exact) mass is 331 g/mol. The lowest BCUT2D eigenvalue weighted by atomic mass is 10.2. The Hall–Kier alpha value is -2.45. The number of hydrogen-bond acceptors (Lipinski definition) is 4. The molecule has 0 saturated carbocycles. The van der Waals surface area contributed by atoms with Gasteiger partial charge in [0.05, 0.1) is 12.2 Å². The number of benzene rings is 2. The fourth-order valence-corrected chi connectivity index (χ4v) is 2.89. The Bertz CT molecular complexity index is 686. The number of hydrogen-bond donors (Lipinski definition) is 1. The van der Waals surface area contributed by atoms with Crippen molar-refractivity contribution in [3.63, 3.8) is 0 Å². The lowest BCUT2D eigenvalue weighted by Crippen LogP contribution is -2.06. The SMILES string of the molecule is C#C.CCOC(=O)c1cc(F)ccc1Sc1ccccc1NC. The van der Waals surface area contributed by atoms with Crippen molar-refractivity contribution in [3.8, 4) is 12.8 Å². The van der Waals surface area contributed by atoms with Crippen molar-refractivity contribution in [2.45, 2.75) is 16.7 Å². The summed E-state index contributed by atoms with van der Waals surface area (Å²) in [6.45, 7) is 1.98. The summed E-state index contributed by atoms with van der Waals surface area (Å²) >= 11 is 1.40. The second-order valence-corrected chi connectivity index (χ2v) is 5.29. The largest absolute Gasteiger partial charge is 0.462 e. The van der Waals surface area contributed by atoms with Crippen LogP contribution in [-0.2, 0) is 4.74 Å². The lowest BCUT2D eigenvalue weighted by molar-refractivity contribution is 0.0521. The van der Waals surface area contributed by atoms with E-state index in [0.29, 0.717) is 4.90 Å². The number of esters is 1. The van der Waals surface area contributed by atoms with Gasteiger partial charge in [-0.25, -0.2) is 9.18 Å². The fraction of sp³-hybridized carbons (Fsp3) is 0.167. The first kappa shape index (κ1) is 18.6. The molecular weight excluding hydrogens is 313 g/mol. The highest BCUT2D eigenvalue weighted by molar-refractivity contribution is 7.99. The van der Waals surface area contributed by atoms with E-state index in [2.05, 4.69) is 18.2 Å². The van der Waals surface area contributed by atoms with Gasteiger partial charge in [-0.3, -0.25) is 0 Å². The molecule has 23 heavy (non-hydrogen) atoms. The van der Waals surface area contributed by atoms with Crippen molar-refractivity contribution in [2.75, 3.05) is 19.0 Å². The van der Waals surface area contributed by atoms with Crippen molar-refractivity contribution in [2.24, 2.45) is 0 Å². The van der Waals surface area contributed by atoms with Crippen molar-refractivity contribution >= 4 is 23.4 Å². The summed E-state index contributed by atoms with van der Waals surface area (Å²) in [6, 6.07) is 11.9. The summed E-state index contributed by atoms with van der Waals surface area (Å²) in [7, 11) is 1.83. The van der Waals surface area contributed by atoms with Gasteiger partial charge in [-0.2, -0.15) is 0 Å². The summed E-state index contributed by atoms with van der Waals surface area (Å²) in [6.07, 6.45) is 8.00. The molecule has 0 unspecified atom stereocenters. The first-order valence-corrected chi connectivity index (χ1v) is 7.72. The Kier molecular flexibility index (Phi) is 7.72. The van der Waals surface area contributed by atoms with Gasteiger partial charge in [0, 0.05) is 22.5 Å². The molecular formula is C18H18FNO2S. The van der Waals surface area contributed by atoms with E-state index in [4.69, 9.17) is 4.74 Å². The second-order valence-electron chi connectivity index (χ2n) is 4.21. The number of carbonyl (C=O) groups excluding carboxylic acids is 1. The molecule has 0 aliphatic heterocycles. The van der Waals surface area contributed by atoms with Gasteiger partial charge < -0.3 is 10.1 Å². The average Bonchev–Trinajstić information content (AvgIpc) is 2.59. The highest BCUT2D eigenvalue weighted by atomic mass is 32.2. The Morgan fingerprint density at radius 1 is 1.22 bits per heavy atom. The van der Waals surface area contributed by atoms with E-state index in [1.165, 1.54) is 23.9 Å². The first-order valence-electron chi connectivity index (χ1n) is 6.90. The van der Waals surface area contributed by atoms with Crippen LogP contribution in [0.1, 0.15) is 17.3 Å². The third kappa shape index (κ3) is 5.04. The van der Waals surface area contributed by atoms with Gasteiger partial charge in [0.1, 0.15) is 5.82 Å². The van der Waals surface area contributed by atoms with Crippen molar-refractivity contribution in [3.05, 3.63) is 53.8 Å². The molecule has 5 heteroatoms. The number of anilines is 1. The van der Waals surface area contributed by atoms with E-state index >= 15 is 0 Å². The molecule has 0 radical (unpaired) electrons. The van der Waals surface area contributed by atoms with Gasteiger partial charge in [0.25, 0.3) is 0 Å². The number of terminal acetylenes is 1. The Labute approximate surface area is 140 Å². The third-order valence-corrected chi connectivity index (χ3v) is 3.97. The molecule has 0 spiro atoms. The molecule has 2 aromatic rings. The minimum atomic E-state index is -0.513. The fourth-order valence-electron chi connectivity index (χ4n) is 1.84. The van der Waals surface area contributed by atoms with Gasteiger partial charge >= 0.3 is 5.97 Å². The first-order chi connectivity index (χ1) is 11.2. The zero-order chi connectivity index (χ0) is 17.2. The Morgan fingerprint density at radius 3 is 2.57 bits per heavy atom. The molecule has 0 aliphatic carbocycles. The van der Waals surface area contributed by atoms with Crippen LogP contribution in [0.4, 0.5) is 10.1 Å². The predicted octanol–water partition coefficient (Wildman–Crippen LogP) is 4.44. The number of rotatable bonds is 5. The number of halogens is 1. The van der Waals surface area contributed by atoms with Crippen LogP contribution >= 0.6 is 11.8 Å². The molecule has 0 bridgehead atoms. The van der Waals surface area contributed by atoms with Gasteiger partial charge in [-0.1, -0.05) is 23.9 Å². The van der Waals surface area contributed by atoms with E-state index in [0.717, 1.165) is 10.6 Å². The summed E-state index contributed by atoms with van der Waals surface area (Å²) < 4.78 is 18.4. The van der Waals surface area contributed by atoms with E-state index in [1.54, 1.807) is 13.0 Å². The summed E-state index contributed by atoms with van der Waals surface area (Å²) in [5.41, 5.74) is 1.19. The van der Waals surface area contributed by atoms with Crippen LogP contribution in [0, 0.1) is 18.7 Å². The predicted molar refractivity (Wildman–Crippen MR) is 92.4 cm³/mol. The molecule has 0 amide bonds. The molecule has 0 heterocycles. The molecule has 2 rings (SSSR count). The van der Waals surface area contributed by atoms with Crippen molar-refractivity contribution < 1.29 is 13.9 Å². The molecule has 0 atom stereocenters. The van der Waals surface area contributed by atoms with E-state index in [-0.39, 0.29) is 12.2 Å². The van der Waals surface area contributed by atoms with Crippen LogP contribution in [0.15, 0.2) is 52.3 Å². The molecule has 0 fully saturated rings. The molecule has 0 aromatic heterocycles. The Balaban J connectivity index is 0.00000127. The maximum atomic E-state index is 13.4. The topological polar surface area (TPSA) is 38.3 Å². The van der Waals surface area contributed by atoms with Crippen LogP contribution in [0.25, 0.3) is 0 Å². The summed E-state index contributed by atoms with van der Waals surface area (Å²) in [5, 5.41) is 3.09. The van der Waals surface area contributed by atoms with Crippen molar-refractivity contribution in [1.82, 2.24) is 0 Å². The minimum Gasteiger partial charge on any atom is -0.462 e. The zero-order valence-electron chi connectivity index (χ0n) is 13.0. The third-order valence-electron chi connectivity index (χ3n) is 2.81. The highest BCUT2D eigenvalue weighted by Gasteiger charge is 2.15. The zero-order valence-corrected chi connectivity index (χ0v) is 13.8. The minimum absolute atomic E-state index is 0.243. The number of carbonyl (C=O) groups is 1. The van der Waals surface area contributed by atoms with E-state index in [9.17, 15) is 9.18 Å². The van der Waals surface area contributed by atoms with Crippen LogP contribution in [0.5, 0.6) is 0 Å². The Morgan fingerprint density at radius 2 is 1.91 bits per heavy atom.